The first-order valence-electron chi connectivity index (χ1n) is 2.27. The lowest BCUT2D eigenvalue weighted by atomic mass is 10.3. The van der Waals surface area contributed by atoms with E-state index in [0.29, 0.717) is 0 Å². The topological polar surface area (TPSA) is 75.5 Å². The molecular weight excluding hydrogens is 118 g/mol. The lowest BCUT2D eigenvalue weighted by Crippen LogP contribution is -1.61. The smallest absolute Gasteiger partial charge is 0.115 e. The molecule has 3 heteroatoms. The van der Waals surface area contributed by atoms with Gasteiger partial charge in [0.05, 0.1) is 0 Å². The first kappa shape index (κ1) is 7.78. The first-order chi connectivity index (χ1) is 3.79. The molecule has 1 aromatic rings. The van der Waals surface area contributed by atoms with Gasteiger partial charge < -0.3 is 16.4 Å². The molecule has 3 nitrogen and oxygen atoms in total. The minimum atomic E-state index is 0. The summed E-state index contributed by atoms with van der Waals surface area (Å²) in [5.74, 6) is 0.339. The van der Waals surface area contributed by atoms with Crippen molar-refractivity contribution in [3.63, 3.8) is 0 Å². The van der Waals surface area contributed by atoms with Gasteiger partial charge in [-0.15, -0.1) is 0 Å². The van der Waals surface area contributed by atoms with Gasteiger partial charge in [-0.1, -0.05) is 0 Å². The molecule has 0 unspecified atom stereocenters. The maximum absolute atomic E-state index is 8.65. The van der Waals surface area contributed by atoms with Crippen LogP contribution in [0, 0.1) is 0 Å². The lowest BCUT2D eigenvalue weighted by molar-refractivity contribution is 0.460. The molecule has 5 N–H and O–H groups in total. The van der Waals surface area contributed by atoms with E-state index in [9.17, 15) is 0 Å². The van der Waals surface area contributed by atoms with Crippen molar-refractivity contribution in [2.75, 3.05) is 0 Å². The number of hydrogen-bond acceptors (Lipinski definition) is 3. The molecule has 1 rings (SSSR count). The van der Waals surface area contributed by atoms with Gasteiger partial charge in [0.2, 0.25) is 0 Å². The van der Waals surface area contributed by atoms with Crippen molar-refractivity contribution in [2.45, 2.75) is 0 Å². The summed E-state index contributed by atoms with van der Waals surface area (Å²) in [6.45, 7) is 0. The molecule has 0 atom stereocenters. The Morgan fingerprint density at radius 1 is 0.778 bits per heavy atom. The Morgan fingerprint density at radius 2 is 1.00 bits per heavy atom. The standard InChI is InChI=1S/C6H6O2.H3N/c7-5-1-2-6(8)4-3-5;/h1-4,7-8H;1H3. The quantitative estimate of drug-likeness (QED) is 0.459. The Balaban J connectivity index is 0.000000640. The minimum absolute atomic E-state index is 0. The van der Waals surface area contributed by atoms with E-state index >= 15 is 0 Å². The highest BCUT2D eigenvalue weighted by Crippen LogP contribution is 2.13. The normalized spacial score (nSPS) is 8.00. The van der Waals surface area contributed by atoms with Gasteiger partial charge in [-0.2, -0.15) is 0 Å². The maximum Gasteiger partial charge on any atom is 0.115 e. The second-order valence-corrected chi connectivity index (χ2v) is 1.52. The van der Waals surface area contributed by atoms with Gasteiger partial charge in [0.15, 0.2) is 0 Å². The summed E-state index contributed by atoms with van der Waals surface area (Å²) in [6.07, 6.45) is 0. The molecule has 50 valence electrons. The van der Waals surface area contributed by atoms with Crippen molar-refractivity contribution < 1.29 is 10.2 Å². The SMILES string of the molecule is N.Oc1ccc(O)cc1. The zero-order chi connectivity index (χ0) is 5.98. The van der Waals surface area contributed by atoms with Gasteiger partial charge in [0.1, 0.15) is 11.5 Å². The van der Waals surface area contributed by atoms with Crippen LogP contribution in [0.1, 0.15) is 0 Å². The van der Waals surface area contributed by atoms with E-state index in [1.54, 1.807) is 0 Å². The summed E-state index contributed by atoms with van der Waals surface area (Å²) in [5.41, 5.74) is 0. The van der Waals surface area contributed by atoms with E-state index in [-0.39, 0.29) is 17.6 Å². The van der Waals surface area contributed by atoms with Crippen molar-refractivity contribution in [3.05, 3.63) is 24.3 Å². The Bertz CT molecular complexity index is 150. The fourth-order valence-corrected chi connectivity index (χ4v) is 0.453. The van der Waals surface area contributed by atoms with Gasteiger partial charge in [0, 0.05) is 0 Å². The summed E-state index contributed by atoms with van der Waals surface area (Å²) in [6, 6.07) is 5.70. The molecule has 0 saturated heterocycles. The molecule has 0 saturated carbocycles. The molecule has 0 amide bonds. The third kappa shape index (κ3) is 2.01. The number of aromatic hydroxyl groups is 2. The summed E-state index contributed by atoms with van der Waals surface area (Å²) in [7, 11) is 0. The highest BCUT2D eigenvalue weighted by Gasteiger charge is 1.84. The van der Waals surface area contributed by atoms with Crippen LogP contribution in [0.15, 0.2) is 24.3 Å². The number of rotatable bonds is 0. The molecule has 0 aliphatic heterocycles. The van der Waals surface area contributed by atoms with Crippen LogP contribution in [0.25, 0.3) is 0 Å². The fourth-order valence-electron chi connectivity index (χ4n) is 0.453. The van der Waals surface area contributed by atoms with Crippen LogP contribution in [0.3, 0.4) is 0 Å². The molecule has 0 radical (unpaired) electrons. The molecule has 0 heterocycles. The van der Waals surface area contributed by atoms with E-state index in [1.807, 2.05) is 0 Å². The second kappa shape index (κ2) is 2.94. The fraction of sp³-hybridized carbons (Fsp3) is 0. The molecular formula is C6H9NO2. The number of phenols is 2. The van der Waals surface area contributed by atoms with Crippen molar-refractivity contribution >= 4 is 0 Å². The van der Waals surface area contributed by atoms with Crippen molar-refractivity contribution in [1.82, 2.24) is 6.15 Å². The zero-order valence-corrected chi connectivity index (χ0v) is 4.91. The van der Waals surface area contributed by atoms with E-state index in [1.165, 1.54) is 24.3 Å². The second-order valence-electron chi connectivity index (χ2n) is 1.52. The molecule has 0 spiro atoms. The average molecular weight is 127 g/mol. The molecule has 0 aliphatic rings. The number of hydrogen-bond donors (Lipinski definition) is 3. The average Bonchev–Trinajstić information content (AvgIpc) is 1.77. The lowest BCUT2D eigenvalue weighted by Gasteiger charge is -1.88. The number of benzene rings is 1. The van der Waals surface area contributed by atoms with E-state index in [0.717, 1.165) is 0 Å². The molecule has 0 aromatic heterocycles. The van der Waals surface area contributed by atoms with Crippen LogP contribution in [-0.4, -0.2) is 10.2 Å². The van der Waals surface area contributed by atoms with Crippen LogP contribution in [0.4, 0.5) is 0 Å². The summed E-state index contributed by atoms with van der Waals surface area (Å²) >= 11 is 0. The first-order valence-corrected chi connectivity index (χ1v) is 2.27. The van der Waals surface area contributed by atoms with Gasteiger partial charge in [-0.25, -0.2) is 0 Å². The van der Waals surface area contributed by atoms with E-state index in [2.05, 4.69) is 0 Å². The van der Waals surface area contributed by atoms with E-state index < -0.39 is 0 Å². The third-order valence-corrected chi connectivity index (χ3v) is 0.850. The highest BCUT2D eigenvalue weighted by atomic mass is 16.3. The Morgan fingerprint density at radius 3 is 1.22 bits per heavy atom. The molecule has 1 aromatic carbocycles. The molecule has 0 bridgehead atoms. The van der Waals surface area contributed by atoms with Crippen LogP contribution in [-0.2, 0) is 0 Å². The van der Waals surface area contributed by atoms with Gasteiger partial charge in [-0.3, -0.25) is 0 Å². The van der Waals surface area contributed by atoms with Crippen molar-refractivity contribution in [2.24, 2.45) is 0 Å². The van der Waals surface area contributed by atoms with Crippen molar-refractivity contribution in [3.8, 4) is 11.5 Å². The monoisotopic (exact) mass is 127 g/mol. The van der Waals surface area contributed by atoms with Crippen LogP contribution < -0.4 is 6.15 Å². The van der Waals surface area contributed by atoms with Crippen LogP contribution >= 0.6 is 0 Å². The molecule has 0 aliphatic carbocycles. The van der Waals surface area contributed by atoms with Crippen molar-refractivity contribution in [1.29, 1.82) is 0 Å². The van der Waals surface area contributed by atoms with E-state index in [4.69, 9.17) is 10.2 Å². The zero-order valence-electron chi connectivity index (χ0n) is 4.91. The summed E-state index contributed by atoms with van der Waals surface area (Å²) in [5, 5.41) is 17.3. The predicted octanol–water partition coefficient (Wildman–Crippen LogP) is 1.26. The molecule has 0 fully saturated rings. The van der Waals surface area contributed by atoms with Gasteiger partial charge in [0.25, 0.3) is 0 Å². The Labute approximate surface area is 53.2 Å². The maximum atomic E-state index is 8.65. The Kier molecular flexibility index (Phi) is 2.54. The van der Waals surface area contributed by atoms with Crippen LogP contribution in [0.5, 0.6) is 11.5 Å². The third-order valence-electron chi connectivity index (χ3n) is 0.850. The summed E-state index contributed by atoms with van der Waals surface area (Å²) < 4.78 is 0. The Hall–Kier alpha value is -1.22. The summed E-state index contributed by atoms with van der Waals surface area (Å²) in [4.78, 5) is 0. The minimum Gasteiger partial charge on any atom is -0.508 e. The molecule has 9 heavy (non-hydrogen) atoms. The highest BCUT2D eigenvalue weighted by molar-refractivity contribution is 5.28. The van der Waals surface area contributed by atoms with Gasteiger partial charge >= 0.3 is 0 Å². The largest absolute Gasteiger partial charge is 0.508 e. The van der Waals surface area contributed by atoms with Gasteiger partial charge in [-0.05, 0) is 24.3 Å². The predicted molar refractivity (Wildman–Crippen MR) is 34.8 cm³/mol. The van der Waals surface area contributed by atoms with Crippen LogP contribution in [0.2, 0.25) is 0 Å². The number of phenolic OH excluding ortho intramolecular Hbond substituents is 2.